The number of amides is 1. The van der Waals surface area contributed by atoms with E-state index >= 15 is 0 Å². The number of ether oxygens (including phenoxy) is 1. The maximum atomic E-state index is 12.7. The number of hydrogen-bond acceptors (Lipinski definition) is 4. The lowest BCUT2D eigenvalue weighted by Gasteiger charge is -2.27. The van der Waals surface area contributed by atoms with Crippen molar-refractivity contribution < 1.29 is 9.53 Å². The Morgan fingerprint density at radius 1 is 1.52 bits per heavy atom. The first-order valence-corrected chi connectivity index (χ1v) is 7.96. The van der Waals surface area contributed by atoms with Gasteiger partial charge in [-0.2, -0.15) is 0 Å². The van der Waals surface area contributed by atoms with E-state index in [9.17, 15) is 4.79 Å². The highest BCUT2D eigenvalue weighted by Crippen LogP contribution is 2.36. The van der Waals surface area contributed by atoms with Crippen LogP contribution in [0.15, 0.2) is 18.2 Å². The molecule has 1 heterocycles. The monoisotopic (exact) mass is 326 g/mol. The average Bonchev–Trinajstić information content (AvgIpc) is 2.76. The summed E-state index contributed by atoms with van der Waals surface area (Å²) in [6, 6.07) is 5.48. The van der Waals surface area contributed by atoms with Crippen LogP contribution in [0.3, 0.4) is 0 Å². The minimum absolute atomic E-state index is 0.000648. The molecule has 0 saturated heterocycles. The summed E-state index contributed by atoms with van der Waals surface area (Å²) < 4.78 is 6.07. The second-order valence-corrected chi connectivity index (χ2v) is 6.37. The van der Waals surface area contributed by atoms with Gasteiger partial charge in [0.15, 0.2) is 0 Å². The lowest BCUT2D eigenvalue weighted by atomic mass is 10.2. The summed E-state index contributed by atoms with van der Waals surface area (Å²) in [6.45, 7) is 5.02. The number of likely N-dealkylation sites (N-methyl/N-ethyl adjacent to an activating group) is 1. The van der Waals surface area contributed by atoms with Crippen LogP contribution in [0.25, 0.3) is 10.1 Å². The highest BCUT2D eigenvalue weighted by Gasteiger charge is 2.24. The number of carbonyl (C=O) groups is 1. The number of thiophene rings is 1. The van der Waals surface area contributed by atoms with E-state index in [1.54, 1.807) is 18.1 Å². The molecule has 1 atom stereocenters. The number of anilines is 1. The van der Waals surface area contributed by atoms with Crippen LogP contribution in [-0.2, 0) is 4.74 Å². The van der Waals surface area contributed by atoms with Gasteiger partial charge in [0.1, 0.15) is 4.88 Å². The third kappa shape index (κ3) is 3.15. The van der Waals surface area contributed by atoms with Crippen LogP contribution < -0.4 is 5.73 Å². The van der Waals surface area contributed by atoms with Crippen molar-refractivity contribution in [1.82, 2.24) is 4.90 Å². The number of fused-ring (bicyclic) bond motifs is 1. The van der Waals surface area contributed by atoms with Crippen molar-refractivity contribution in [2.24, 2.45) is 0 Å². The lowest BCUT2D eigenvalue weighted by molar-refractivity contribution is 0.0585. The van der Waals surface area contributed by atoms with Crippen molar-refractivity contribution >= 4 is 44.6 Å². The number of benzene rings is 1. The Morgan fingerprint density at radius 2 is 2.24 bits per heavy atom. The number of nitrogen functional groups attached to an aromatic ring is 1. The summed E-state index contributed by atoms with van der Waals surface area (Å²) in [5.41, 5.74) is 6.67. The lowest BCUT2D eigenvalue weighted by Crippen LogP contribution is -2.40. The first kappa shape index (κ1) is 16.1. The van der Waals surface area contributed by atoms with Gasteiger partial charge in [-0.25, -0.2) is 0 Å². The SMILES string of the molecule is CCN(C(=O)c1sc2cc(Cl)ccc2c1N)C(C)COC. The van der Waals surface area contributed by atoms with E-state index in [2.05, 4.69) is 0 Å². The van der Waals surface area contributed by atoms with Gasteiger partial charge in [0.2, 0.25) is 0 Å². The Labute approximate surface area is 133 Å². The molecule has 21 heavy (non-hydrogen) atoms. The van der Waals surface area contributed by atoms with Gasteiger partial charge in [0.25, 0.3) is 5.91 Å². The third-order valence-corrected chi connectivity index (χ3v) is 4.82. The molecule has 0 aliphatic carbocycles. The number of methoxy groups -OCH3 is 1. The molecule has 0 aliphatic rings. The Kier molecular flexibility index (Phi) is 5.08. The van der Waals surface area contributed by atoms with Crippen molar-refractivity contribution in [3.05, 3.63) is 28.1 Å². The maximum absolute atomic E-state index is 12.7. The Hall–Kier alpha value is -1.30. The van der Waals surface area contributed by atoms with Crippen LogP contribution in [0, 0.1) is 0 Å². The minimum Gasteiger partial charge on any atom is -0.397 e. The largest absolute Gasteiger partial charge is 0.397 e. The molecule has 0 fully saturated rings. The van der Waals surface area contributed by atoms with E-state index in [1.807, 2.05) is 26.0 Å². The van der Waals surface area contributed by atoms with Crippen molar-refractivity contribution in [1.29, 1.82) is 0 Å². The Balaban J connectivity index is 2.40. The zero-order valence-corrected chi connectivity index (χ0v) is 13.9. The van der Waals surface area contributed by atoms with E-state index in [4.69, 9.17) is 22.1 Å². The molecule has 0 bridgehead atoms. The van der Waals surface area contributed by atoms with Crippen LogP contribution in [-0.4, -0.2) is 37.1 Å². The van der Waals surface area contributed by atoms with Crippen molar-refractivity contribution in [3.63, 3.8) is 0 Å². The summed E-state index contributed by atoms with van der Waals surface area (Å²) in [4.78, 5) is 15.1. The molecule has 2 aromatic rings. The van der Waals surface area contributed by atoms with Gasteiger partial charge < -0.3 is 15.4 Å². The second kappa shape index (κ2) is 6.64. The average molecular weight is 327 g/mol. The molecule has 1 amide bonds. The zero-order valence-electron chi connectivity index (χ0n) is 12.4. The first-order chi connectivity index (χ1) is 9.99. The Morgan fingerprint density at radius 3 is 2.86 bits per heavy atom. The molecule has 4 nitrogen and oxygen atoms in total. The first-order valence-electron chi connectivity index (χ1n) is 6.77. The number of halogens is 1. The van der Waals surface area contributed by atoms with E-state index in [1.165, 1.54) is 11.3 Å². The molecule has 1 aromatic heterocycles. The number of carbonyl (C=O) groups excluding carboxylic acids is 1. The van der Waals surface area contributed by atoms with E-state index < -0.39 is 0 Å². The van der Waals surface area contributed by atoms with Crippen molar-refractivity contribution in [2.45, 2.75) is 19.9 Å². The number of nitrogens with zero attached hydrogens (tertiary/aromatic N) is 1. The number of hydrogen-bond donors (Lipinski definition) is 1. The number of nitrogens with two attached hydrogens (primary N) is 1. The van der Waals surface area contributed by atoms with Crippen LogP contribution in [0.4, 0.5) is 5.69 Å². The quantitative estimate of drug-likeness (QED) is 0.912. The van der Waals surface area contributed by atoms with Gasteiger partial charge >= 0.3 is 0 Å². The zero-order chi connectivity index (χ0) is 15.6. The van der Waals surface area contributed by atoms with Gasteiger partial charge in [0, 0.05) is 28.8 Å². The molecule has 6 heteroatoms. The smallest absolute Gasteiger partial charge is 0.266 e. The summed E-state index contributed by atoms with van der Waals surface area (Å²) in [6.07, 6.45) is 0. The third-order valence-electron chi connectivity index (χ3n) is 3.43. The summed E-state index contributed by atoms with van der Waals surface area (Å²) >= 11 is 7.38. The van der Waals surface area contributed by atoms with Gasteiger partial charge in [-0.3, -0.25) is 4.79 Å². The molecule has 0 saturated carbocycles. The maximum Gasteiger partial charge on any atom is 0.266 e. The molecule has 2 N–H and O–H groups in total. The molecule has 1 unspecified atom stereocenters. The predicted octanol–water partition coefficient (Wildman–Crippen LogP) is 3.63. The highest BCUT2D eigenvalue weighted by molar-refractivity contribution is 7.21. The fraction of sp³-hybridized carbons (Fsp3) is 0.400. The summed E-state index contributed by atoms with van der Waals surface area (Å²) in [5, 5.41) is 1.52. The topological polar surface area (TPSA) is 55.6 Å². The Bertz CT molecular complexity index is 656. The minimum atomic E-state index is -0.0585. The van der Waals surface area contributed by atoms with E-state index in [-0.39, 0.29) is 11.9 Å². The second-order valence-electron chi connectivity index (χ2n) is 4.88. The van der Waals surface area contributed by atoms with Gasteiger partial charge in [0.05, 0.1) is 18.3 Å². The van der Waals surface area contributed by atoms with Gasteiger partial charge in [-0.15, -0.1) is 11.3 Å². The van der Waals surface area contributed by atoms with Crippen LogP contribution in [0.5, 0.6) is 0 Å². The predicted molar refractivity (Wildman–Crippen MR) is 89.3 cm³/mol. The molecule has 0 spiro atoms. The molecular formula is C15H19ClN2O2S. The van der Waals surface area contributed by atoms with Crippen LogP contribution >= 0.6 is 22.9 Å². The summed E-state index contributed by atoms with van der Waals surface area (Å²) in [7, 11) is 1.63. The molecule has 0 aliphatic heterocycles. The van der Waals surface area contributed by atoms with Crippen molar-refractivity contribution in [3.8, 4) is 0 Å². The molecule has 2 rings (SSSR count). The standard InChI is InChI=1S/C15H19ClN2O2S/c1-4-18(9(2)8-20-3)15(19)14-13(17)11-6-5-10(16)7-12(11)21-14/h5-7,9H,4,8,17H2,1-3H3. The number of rotatable bonds is 5. The fourth-order valence-corrected chi connectivity index (χ4v) is 3.72. The fourth-order valence-electron chi connectivity index (χ4n) is 2.37. The van der Waals surface area contributed by atoms with E-state index in [0.29, 0.717) is 28.7 Å². The van der Waals surface area contributed by atoms with Crippen molar-refractivity contribution in [2.75, 3.05) is 26.0 Å². The molecule has 0 radical (unpaired) electrons. The van der Waals surface area contributed by atoms with Gasteiger partial charge in [-0.05, 0) is 32.0 Å². The molecule has 114 valence electrons. The summed E-state index contributed by atoms with van der Waals surface area (Å²) in [5.74, 6) is -0.0585. The highest BCUT2D eigenvalue weighted by atomic mass is 35.5. The normalized spacial score (nSPS) is 12.6. The van der Waals surface area contributed by atoms with E-state index in [0.717, 1.165) is 10.1 Å². The van der Waals surface area contributed by atoms with Gasteiger partial charge in [-0.1, -0.05) is 11.6 Å². The van der Waals surface area contributed by atoms with Crippen LogP contribution in [0.2, 0.25) is 5.02 Å². The molecular weight excluding hydrogens is 308 g/mol. The molecule has 1 aromatic carbocycles. The van der Waals surface area contributed by atoms with Crippen LogP contribution in [0.1, 0.15) is 23.5 Å².